The zero-order valence-corrected chi connectivity index (χ0v) is 15.1. The molecule has 0 N–H and O–H groups in total. The molecule has 1 aromatic rings. The highest BCUT2D eigenvalue weighted by molar-refractivity contribution is 7.11. The number of rotatable bonds is 5. The van der Waals surface area contributed by atoms with Crippen molar-refractivity contribution in [3.05, 3.63) is 15.6 Å². The molecule has 124 valence electrons. The molecule has 0 aliphatic heterocycles. The molecule has 0 spiro atoms. The molecule has 2 aliphatic rings. The monoisotopic (exact) mass is 322 g/mol. The molecule has 22 heavy (non-hydrogen) atoms. The second kappa shape index (κ2) is 7.41. The molecular formula is C18H30N2OS. The van der Waals surface area contributed by atoms with Crippen LogP contribution in [0.3, 0.4) is 0 Å². The van der Waals surface area contributed by atoms with E-state index in [2.05, 4.69) is 25.8 Å². The van der Waals surface area contributed by atoms with Crippen molar-refractivity contribution in [2.75, 3.05) is 20.2 Å². The van der Waals surface area contributed by atoms with Crippen LogP contribution in [0, 0.1) is 12.8 Å². The predicted octanol–water partition coefficient (Wildman–Crippen LogP) is 4.36. The maximum absolute atomic E-state index is 6.20. The number of hydrogen-bond acceptors (Lipinski definition) is 4. The minimum absolute atomic E-state index is 0.495. The second-order valence-corrected chi connectivity index (χ2v) is 8.34. The number of thiazole rings is 1. The van der Waals surface area contributed by atoms with Gasteiger partial charge in [0.05, 0.1) is 23.4 Å². The molecule has 0 aromatic carbocycles. The number of fused-ring (bicyclic) bond motifs is 1. The lowest BCUT2D eigenvalue weighted by Crippen LogP contribution is -2.33. The molecule has 1 fully saturated rings. The molecule has 1 aromatic heterocycles. The number of aromatic nitrogens is 1. The zero-order valence-electron chi connectivity index (χ0n) is 14.3. The first-order chi connectivity index (χ1) is 10.6. The van der Waals surface area contributed by atoms with Gasteiger partial charge in [-0.2, -0.15) is 0 Å². The van der Waals surface area contributed by atoms with Gasteiger partial charge in [0.2, 0.25) is 0 Å². The zero-order chi connectivity index (χ0) is 15.5. The molecule has 0 radical (unpaired) electrons. The van der Waals surface area contributed by atoms with Crippen LogP contribution in [-0.4, -0.2) is 36.2 Å². The van der Waals surface area contributed by atoms with Crippen LogP contribution in [0.25, 0.3) is 0 Å². The van der Waals surface area contributed by atoms with Crippen LogP contribution >= 0.6 is 11.3 Å². The maximum atomic E-state index is 6.20. The molecule has 1 saturated carbocycles. The highest BCUT2D eigenvalue weighted by Crippen LogP contribution is 2.37. The van der Waals surface area contributed by atoms with Crippen LogP contribution in [0.2, 0.25) is 0 Å². The molecule has 2 aliphatic carbocycles. The van der Waals surface area contributed by atoms with Crippen LogP contribution in [-0.2, 0) is 11.2 Å². The summed E-state index contributed by atoms with van der Waals surface area (Å²) >= 11 is 1.89. The van der Waals surface area contributed by atoms with Crippen molar-refractivity contribution in [3.8, 4) is 0 Å². The number of nitrogens with zero attached hydrogens (tertiary/aromatic N) is 2. The van der Waals surface area contributed by atoms with Crippen LogP contribution in [0.5, 0.6) is 0 Å². The summed E-state index contributed by atoms with van der Waals surface area (Å²) in [5.74, 6) is 0.740. The molecule has 1 heterocycles. The third-order valence-corrected chi connectivity index (χ3v) is 6.48. The van der Waals surface area contributed by atoms with E-state index in [-0.39, 0.29) is 0 Å². The fraction of sp³-hybridized carbons (Fsp3) is 0.833. The van der Waals surface area contributed by atoms with E-state index in [0.717, 1.165) is 19.1 Å². The molecule has 4 heteroatoms. The Balaban J connectivity index is 1.51. The third kappa shape index (κ3) is 3.72. The van der Waals surface area contributed by atoms with Gasteiger partial charge in [-0.05, 0) is 52.0 Å². The fourth-order valence-corrected chi connectivity index (χ4v) is 5.15. The lowest BCUT2D eigenvalue weighted by molar-refractivity contribution is -0.0156. The van der Waals surface area contributed by atoms with Crippen molar-refractivity contribution >= 4 is 11.3 Å². The fourth-order valence-electron chi connectivity index (χ4n) is 3.97. The Labute approximate surface area is 139 Å². The quantitative estimate of drug-likeness (QED) is 0.805. The van der Waals surface area contributed by atoms with Gasteiger partial charge in [-0.25, -0.2) is 4.98 Å². The minimum Gasteiger partial charge on any atom is -0.377 e. The first kappa shape index (κ1) is 16.4. The van der Waals surface area contributed by atoms with E-state index in [1.54, 1.807) is 0 Å². The van der Waals surface area contributed by atoms with Gasteiger partial charge < -0.3 is 4.74 Å². The third-order valence-electron chi connectivity index (χ3n) is 5.37. The van der Waals surface area contributed by atoms with Crippen molar-refractivity contribution in [1.82, 2.24) is 9.88 Å². The van der Waals surface area contributed by atoms with Gasteiger partial charge in [-0.15, -0.1) is 11.3 Å². The van der Waals surface area contributed by atoms with Gasteiger partial charge in [0, 0.05) is 17.5 Å². The molecule has 0 saturated heterocycles. The summed E-state index contributed by atoms with van der Waals surface area (Å²) in [6.07, 6.45) is 9.53. The van der Waals surface area contributed by atoms with Gasteiger partial charge in [-0.1, -0.05) is 19.8 Å². The summed E-state index contributed by atoms with van der Waals surface area (Å²) in [7, 11) is 2.25. The first-order valence-electron chi connectivity index (χ1n) is 8.93. The normalized spacial score (nSPS) is 28.8. The Hall–Kier alpha value is -0.450. The van der Waals surface area contributed by atoms with Gasteiger partial charge in [0.15, 0.2) is 0 Å². The number of ether oxygens (including phenoxy) is 1. The Kier molecular flexibility index (Phi) is 5.53. The first-order valence-corrected chi connectivity index (χ1v) is 9.75. The summed E-state index contributed by atoms with van der Waals surface area (Å²) < 4.78 is 6.20. The Morgan fingerprint density at radius 2 is 2.05 bits per heavy atom. The summed E-state index contributed by atoms with van der Waals surface area (Å²) in [6, 6.07) is 0.558. The lowest BCUT2D eigenvalue weighted by Gasteiger charge is -2.32. The van der Waals surface area contributed by atoms with Crippen molar-refractivity contribution in [1.29, 1.82) is 0 Å². The molecule has 3 rings (SSSR count). The van der Waals surface area contributed by atoms with Crippen LogP contribution < -0.4 is 0 Å². The van der Waals surface area contributed by atoms with E-state index < -0.39 is 0 Å². The van der Waals surface area contributed by atoms with Crippen LogP contribution in [0.4, 0.5) is 0 Å². The van der Waals surface area contributed by atoms with Crippen molar-refractivity contribution in [2.45, 2.75) is 70.9 Å². The van der Waals surface area contributed by atoms with Gasteiger partial charge in [-0.3, -0.25) is 4.90 Å². The second-order valence-electron chi connectivity index (χ2n) is 7.10. The Morgan fingerprint density at radius 1 is 1.23 bits per heavy atom. The van der Waals surface area contributed by atoms with Gasteiger partial charge in [0.25, 0.3) is 0 Å². The minimum atomic E-state index is 0.495. The topological polar surface area (TPSA) is 25.4 Å². The van der Waals surface area contributed by atoms with Crippen molar-refractivity contribution < 1.29 is 4.74 Å². The van der Waals surface area contributed by atoms with E-state index in [4.69, 9.17) is 9.72 Å². The summed E-state index contributed by atoms with van der Waals surface area (Å²) in [5.41, 5.74) is 1.35. The SMILES string of the molecule is Cc1nc2c(s1)C(N(C)CCOC1CCCCC1C)CCC2. The average molecular weight is 323 g/mol. The average Bonchev–Trinajstić information content (AvgIpc) is 2.89. The van der Waals surface area contributed by atoms with E-state index in [1.165, 1.54) is 60.5 Å². The van der Waals surface area contributed by atoms with Crippen LogP contribution in [0.1, 0.15) is 67.1 Å². The van der Waals surface area contributed by atoms with E-state index >= 15 is 0 Å². The highest BCUT2D eigenvalue weighted by Gasteiger charge is 2.27. The summed E-state index contributed by atoms with van der Waals surface area (Å²) in [4.78, 5) is 8.71. The summed E-state index contributed by atoms with van der Waals surface area (Å²) in [5, 5.41) is 1.22. The summed E-state index contributed by atoms with van der Waals surface area (Å²) in [6.45, 7) is 6.38. The predicted molar refractivity (Wildman–Crippen MR) is 92.5 cm³/mol. The molecule has 3 unspecified atom stereocenters. The van der Waals surface area contributed by atoms with E-state index in [0.29, 0.717) is 12.1 Å². The molecule has 3 atom stereocenters. The molecule has 0 bridgehead atoms. The van der Waals surface area contributed by atoms with E-state index in [1.807, 2.05) is 11.3 Å². The number of likely N-dealkylation sites (N-methyl/N-ethyl adjacent to an activating group) is 1. The highest BCUT2D eigenvalue weighted by atomic mass is 32.1. The molecule has 3 nitrogen and oxygen atoms in total. The number of hydrogen-bond donors (Lipinski definition) is 0. The maximum Gasteiger partial charge on any atom is 0.0900 e. The molecular weight excluding hydrogens is 292 g/mol. The Morgan fingerprint density at radius 3 is 2.86 bits per heavy atom. The van der Waals surface area contributed by atoms with Crippen molar-refractivity contribution in [2.24, 2.45) is 5.92 Å². The van der Waals surface area contributed by atoms with E-state index in [9.17, 15) is 0 Å². The standard InChI is InChI=1S/C18H30N2OS/c1-13-7-4-5-10-17(13)21-12-11-20(3)16-9-6-8-15-18(16)22-14(2)19-15/h13,16-17H,4-12H2,1-3H3. The van der Waals surface area contributed by atoms with Gasteiger partial charge in [0.1, 0.15) is 0 Å². The molecule has 0 amide bonds. The van der Waals surface area contributed by atoms with Crippen LogP contribution in [0.15, 0.2) is 0 Å². The lowest BCUT2D eigenvalue weighted by atomic mass is 9.88. The van der Waals surface area contributed by atoms with Gasteiger partial charge >= 0.3 is 0 Å². The number of aryl methyl sites for hydroxylation is 2. The largest absolute Gasteiger partial charge is 0.377 e. The van der Waals surface area contributed by atoms with Crippen molar-refractivity contribution in [3.63, 3.8) is 0 Å². The smallest absolute Gasteiger partial charge is 0.0900 e. The Bertz CT molecular complexity index is 487.